The normalized spacial score (nSPS) is 11.1. The van der Waals surface area contributed by atoms with E-state index in [4.69, 9.17) is 4.98 Å². The van der Waals surface area contributed by atoms with Gasteiger partial charge in [0, 0.05) is 36.2 Å². The van der Waals surface area contributed by atoms with Crippen molar-refractivity contribution in [1.82, 2.24) is 19.9 Å². The summed E-state index contributed by atoms with van der Waals surface area (Å²) in [5, 5.41) is 8.51. The summed E-state index contributed by atoms with van der Waals surface area (Å²) < 4.78 is 6.44. The van der Waals surface area contributed by atoms with Crippen molar-refractivity contribution in [2.45, 2.75) is 39.5 Å². The number of nitrogens with one attached hydrogen (secondary N) is 1. The number of hydrogen-bond acceptors (Lipinski definition) is 5. The van der Waals surface area contributed by atoms with Gasteiger partial charge in [-0.1, -0.05) is 12.1 Å². The van der Waals surface area contributed by atoms with E-state index >= 15 is 0 Å². The van der Waals surface area contributed by atoms with Crippen molar-refractivity contribution >= 4 is 28.4 Å². The molecule has 7 nitrogen and oxygen atoms in total. The number of rotatable bonds is 7. The van der Waals surface area contributed by atoms with Crippen LogP contribution in [-0.2, 0) is 20.7 Å². The van der Waals surface area contributed by atoms with Crippen LogP contribution in [0.25, 0.3) is 16.6 Å². The number of nitrogens with zero attached hydrogens (tertiary/aromatic N) is 3. The molecule has 0 aliphatic rings. The van der Waals surface area contributed by atoms with Gasteiger partial charge in [-0.25, -0.2) is 9.50 Å². The molecule has 0 unspecified atom stereocenters. The third kappa shape index (κ3) is 4.07. The lowest BCUT2D eigenvalue weighted by Gasteiger charge is -2.11. The number of amides is 1. The van der Waals surface area contributed by atoms with Gasteiger partial charge in [0.05, 0.1) is 12.6 Å². The van der Waals surface area contributed by atoms with E-state index in [1.165, 1.54) is 7.11 Å². The van der Waals surface area contributed by atoms with Crippen LogP contribution in [0, 0.1) is 13.8 Å². The molecule has 1 aromatic carbocycles. The van der Waals surface area contributed by atoms with Gasteiger partial charge in [0.25, 0.3) is 0 Å². The zero-order valence-electron chi connectivity index (χ0n) is 15.9. The highest BCUT2D eigenvalue weighted by Gasteiger charge is 2.14. The third-order valence-electron chi connectivity index (χ3n) is 4.73. The van der Waals surface area contributed by atoms with E-state index < -0.39 is 0 Å². The summed E-state index contributed by atoms with van der Waals surface area (Å²) >= 11 is 0. The fraction of sp³-hybridized carbons (Fsp3) is 0.400. The van der Waals surface area contributed by atoms with E-state index in [2.05, 4.69) is 15.2 Å². The zero-order chi connectivity index (χ0) is 19.4. The Morgan fingerprint density at radius 1 is 1.19 bits per heavy atom. The number of carbonyl (C=O) groups excluding carboxylic acids is 2. The summed E-state index contributed by atoms with van der Waals surface area (Å²) in [6.45, 7) is 4.45. The average molecular weight is 368 g/mol. The zero-order valence-corrected chi connectivity index (χ0v) is 15.9. The summed E-state index contributed by atoms with van der Waals surface area (Å²) in [4.78, 5) is 27.9. The summed E-state index contributed by atoms with van der Waals surface area (Å²) in [7, 11) is 1.36. The largest absolute Gasteiger partial charge is 0.469 e. The lowest BCUT2D eigenvalue weighted by molar-refractivity contribution is -0.140. The number of methoxy groups -OCH3 is 1. The predicted octanol–water partition coefficient (Wildman–Crippen LogP) is 2.50. The van der Waals surface area contributed by atoms with Crippen LogP contribution in [0.4, 0.5) is 0 Å². The molecule has 3 rings (SSSR count). The van der Waals surface area contributed by atoms with E-state index in [1.807, 2.05) is 42.6 Å². The van der Waals surface area contributed by atoms with Crippen LogP contribution < -0.4 is 5.32 Å². The van der Waals surface area contributed by atoms with E-state index in [0.29, 0.717) is 32.2 Å². The summed E-state index contributed by atoms with van der Waals surface area (Å²) in [6.07, 6.45) is 1.85. The summed E-state index contributed by atoms with van der Waals surface area (Å²) in [6, 6.07) is 7.93. The van der Waals surface area contributed by atoms with Crippen LogP contribution in [-0.4, -0.2) is 40.1 Å². The Morgan fingerprint density at radius 2 is 1.96 bits per heavy atom. The minimum Gasteiger partial charge on any atom is -0.469 e. The number of esters is 1. The second-order valence-corrected chi connectivity index (χ2v) is 6.54. The molecule has 27 heavy (non-hydrogen) atoms. The Labute approximate surface area is 157 Å². The first-order valence-electron chi connectivity index (χ1n) is 9.08. The minimum atomic E-state index is -0.263. The van der Waals surface area contributed by atoms with E-state index in [-0.39, 0.29) is 11.9 Å². The molecule has 0 atom stereocenters. The predicted molar refractivity (Wildman–Crippen MR) is 103 cm³/mol. The second-order valence-electron chi connectivity index (χ2n) is 6.54. The first-order chi connectivity index (χ1) is 13.0. The highest BCUT2D eigenvalue weighted by molar-refractivity contribution is 5.92. The Balaban J connectivity index is 1.67. The van der Waals surface area contributed by atoms with Crippen LogP contribution in [0.3, 0.4) is 0 Å². The SMILES string of the molecule is COC(=O)CCCNC(=O)CCc1c(C)nc2c3ccccc3nn2c1C. The van der Waals surface area contributed by atoms with Gasteiger partial charge in [-0.3, -0.25) is 9.59 Å². The topological polar surface area (TPSA) is 85.6 Å². The second kappa shape index (κ2) is 8.16. The average Bonchev–Trinajstić information content (AvgIpc) is 3.03. The molecule has 0 saturated heterocycles. The monoisotopic (exact) mass is 368 g/mol. The molecule has 0 aliphatic heterocycles. The standard InChI is InChI=1S/C20H24N4O3/c1-13-15(10-11-18(25)21-12-6-9-19(26)27-3)14(2)24-20(22-13)16-7-4-5-8-17(16)23-24/h4-5,7-8H,6,9-12H2,1-3H3,(H,21,25). The molecule has 0 fully saturated rings. The molecule has 0 spiro atoms. The third-order valence-corrected chi connectivity index (χ3v) is 4.73. The number of ether oxygens (including phenoxy) is 1. The number of carbonyl (C=O) groups is 2. The highest BCUT2D eigenvalue weighted by atomic mass is 16.5. The molecule has 0 aliphatic carbocycles. The van der Waals surface area contributed by atoms with Crippen LogP contribution in [0.1, 0.15) is 36.2 Å². The molecule has 2 heterocycles. The number of fused-ring (bicyclic) bond motifs is 3. The first-order valence-corrected chi connectivity index (χ1v) is 9.08. The quantitative estimate of drug-likeness (QED) is 0.512. The molecule has 142 valence electrons. The molecule has 1 N–H and O–H groups in total. The van der Waals surface area contributed by atoms with Gasteiger partial charge >= 0.3 is 5.97 Å². The Hall–Kier alpha value is -2.96. The van der Waals surface area contributed by atoms with Crippen molar-refractivity contribution in [3.05, 3.63) is 41.2 Å². The molecular weight excluding hydrogens is 344 g/mol. The van der Waals surface area contributed by atoms with Gasteiger partial charge in [-0.2, -0.15) is 5.10 Å². The van der Waals surface area contributed by atoms with E-state index in [1.54, 1.807) is 0 Å². The van der Waals surface area contributed by atoms with Gasteiger partial charge in [0.1, 0.15) is 0 Å². The van der Waals surface area contributed by atoms with Crippen LogP contribution in [0.15, 0.2) is 24.3 Å². The van der Waals surface area contributed by atoms with Crippen molar-refractivity contribution < 1.29 is 14.3 Å². The van der Waals surface area contributed by atoms with Crippen molar-refractivity contribution in [3.63, 3.8) is 0 Å². The molecular formula is C20H24N4O3. The Bertz CT molecular complexity index is 994. The molecule has 0 saturated carbocycles. The van der Waals surface area contributed by atoms with Crippen molar-refractivity contribution in [3.8, 4) is 0 Å². The number of aryl methyl sites for hydroxylation is 2. The maximum absolute atomic E-state index is 12.1. The molecule has 7 heteroatoms. The summed E-state index contributed by atoms with van der Waals surface area (Å²) in [5.74, 6) is -0.300. The molecule has 0 radical (unpaired) electrons. The molecule has 3 aromatic rings. The van der Waals surface area contributed by atoms with Gasteiger partial charge in [0.15, 0.2) is 5.65 Å². The van der Waals surface area contributed by atoms with Gasteiger partial charge < -0.3 is 10.1 Å². The fourth-order valence-corrected chi connectivity index (χ4v) is 3.23. The number of hydrogen-bond donors (Lipinski definition) is 1. The first kappa shape index (κ1) is 18.8. The molecule has 1 amide bonds. The van der Waals surface area contributed by atoms with Crippen molar-refractivity contribution in [1.29, 1.82) is 0 Å². The Morgan fingerprint density at radius 3 is 2.74 bits per heavy atom. The van der Waals surface area contributed by atoms with E-state index in [9.17, 15) is 9.59 Å². The van der Waals surface area contributed by atoms with E-state index in [0.717, 1.165) is 33.5 Å². The maximum Gasteiger partial charge on any atom is 0.305 e. The lowest BCUT2D eigenvalue weighted by Crippen LogP contribution is -2.25. The van der Waals surface area contributed by atoms with Gasteiger partial charge in [-0.15, -0.1) is 0 Å². The minimum absolute atomic E-state index is 0.0376. The van der Waals surface area contributed by atoms with Crippen LogP contribution >= 0.6 is 0 Å². The highest BCUT2D eigenvalue weighted by Crippen LogP contribution is 2.22. The van der Waals surface area contributed by atoms with Gasteiger partial charge in [-0.05, 0) is 44.4 Å². The van der Waals surface area contributed by atoms with Crippen LogP contribution in [0.5, 0.6) is 0 Å². The van der Waals surface area contributed by atoms with Crippen molar-refractivity contribution in [2.24, 2.45) is 0 Å². The number of benzene rings is 1. The maximum atomic E-state index is 12.1. The number of aromatic nitrogens is 3. The van der Waals surface area contributed by atoms with Crippen LogP contribution in [0.2, 0.25) is 0 Å². The summed E-state index contributed by atoms with van der Waals surface area (Å²) in [5.41, 5.74) is 4.72. The molecule has 2 aromatic heterocycles. The Kier molecular flexibility index (Phi) is 5.69. The fourth-order valence-electron chi connectivity index (χ4n) is 3.23. The van der Waals surface area contributed by atoms with Gasteiger partial charge in [0.2, 0.25) is 5.91 Å². The smallest absolute Gasteiger partial charge is 0.305 e. The molecule has 0 bridgehead atoms. The lowest BCUT2D eigenvalue weighted by atomic mass is 10.1. The van der Waals surface area contributed by atoms with Crippen molar-refractivity contribution in [2.75, 3.05) is 13.7 Å².